The smallest absolute Gasteiger partial charge is 0.509 e. The third kappa shape index (κ3) is 6.83. The maximum absolute atomic E-state index is 13.7. The SMILES string of the molecule is FC(F)c1cnc(-n2c3[c-]c(Oc4[c-]c5c(cc4)c4ccccc4n5-c4ccccn4)ccc3c3ccc(Oc4[c-]c5c(cc4)c4ccccc4n5-c4ccccn4)[c-]c32)nc1.[Pt+2].[Pt+2]. The van der Waals surface area contributed by atoms with Crippen LogP contribution >= 0.6 is 0 Å². The zero-order valence-electron chi connectivity index (χ0n) is 32.9. The molecule has 0 saturated heterocycles. The molecule has 0 N–H and O–H groups in total. The van der Waals surface area contributed by atoms with Crippen molar-refractivity contribution in [3.63, 3.8) is 0 Å². The van der Waals surface area contributed by atoms with Crippen LogP contribution in [0.25, 0.3) is 83.0 Å². The average Bonchev–Trinajstić information content (AvgIpc) is 3.94. The van der Waals surface area contributed by atoms with Gasteiger partial charge in [-0.05, 0) is 47.2 Å². The third-order valence-electron chi connectivity index (χ3n) is 11.0. The van der Waals surface area contributed by atoms with Gasteiger partial charge in [0, 0.05) is 58.8 Å². The second kappa shape index (κ2) is 16.6. The molecule has 9 nitrogen and oxygen atoms in total. The van der Waals surface area contributed by atoms with Crippen molar-refractivity contribution in [3.05, 3.63) is 188 Å². The van der Waals surface area contributed by atoms with E-state index in [9.17, 15) is 8.78 Å². The van der Waals surface area contributed by atoms with E-state index in [1.807, 2.05) is 109 Å². The second-order valence-corrected chi connectivity index (χ2v) is 14.6. The molecule has 0 radical (unpaired) electrons. The van der Waals surface area contributed by atoms with Gasteiger partial charge >= 0.3 is 42.1 Å². The van der Waals surface area contributed by atoms with Crippen LogP contribution in [0.15, 0.2) is 158 Å². The van der Waals surface area contributed by atoms with Crippen LogP contribution < -0.4 is 9.47 Å². The summed E-state index contributed by atoms with van der Waals surface area (Å²) in [5.41, 5.74) is 4.41. The first-order chi connectivity index (χ1) is 30.6. The Morgan fingerprint density at radius 3 is 1.17 bits per heavy atom. The number of halogens is 2. The number of ether oxygens (including phenoxy) is 2. The number of hydrogen-bond acceptors (Lipinski definition) is 6. The number of alkyl halides is 2. The number of nitrogens with zero attached hydrogens (tertiary/aromatic N) is 7. The fraction of sp³-hybridized carbons (Fsp3) is 0.0196. The quantitative estimate of drug-likeness (QED) is 0.141. The minimum atomic E-state index is -2.73. The van der Waals surface area contributed by atoms with Crippen molar-refractivity contribution in [2.75, 3.05) is 0 Å². The number of pyridine rings is 2. The molecular formula is C51H27F2N7O2Pt2. The van der Waals surface area contributed by atoms with Gasteiger partial charge in [-0.2, -0.15) is 35.0 Å². The van der Waals surface area contributed by atoms with Crippen LogP contribution in [0.4, 0.5) is 8.78 Å². The van der Waals surface area contributed by atoms with Gasteiger partial charge < -0.3 is 23.2 Å². The molecule has 312 valence electrons. The Morgan fingerprint density at radius 1 is 0.406 bits per heavy atom. The molecule has 0 unspecified atom stereocenters. The number of fused-ring (bicyclic) bond motifs is 9. The van der Waals surface area contributed by atoms with Gasteiger partial charge in [-0.15, -0.1) is 59.3 Å². The summed E-state index contributed by atoms with van der Waals surface area (Å²) in [6.07, 6.45) is 3.05. The molecule has 0 fully saturated rings. The van der Waals surface area contributed by atoms with Crippen molar-refractivity contribution >= 4 is 65.4 Å². The molecule has 0 aliphatic rings. The van der Waals surface area contributed by atoms with Gasteiger partial charge in [0.1, 0.15) is 11.6 Å². The number of para-hydroxylation sites is 2. The Kier molecular flexibility index (Phi) is 10.6. The molecule has 0 spiro atoms. The summed E-state index contributed by atoms with van der Waals surface area (Å²) in [6, 6.07) is 56.9. The van der Waals surface area contributed by atoms with Crippen molar-refractivity contribution in [1.29, 1.82) is 0 Å². The number of benzene rings is 6. The van der Waals surface area contributed by atoms with Crippen LogP contribution in [0.2, 0.25) is 0 Å². The Morgan fingerprint density at radius 2 is 0.781 bits per heavy atom. The summed E-state index contributed by atoms with van der Waals surface area (Å²) in [6.45, 7) is 0. The van der Waals surface area contributed by atoms with Crippen molar-refractivity contribution in [3.8, 4) is 40.6 Å². The topological polar surface area (TPSA) is 84.8 Å². The molecule has 13 heteroatoms. The molecule has 12 aromatic rings. The second-order valence-electron chi connectivity index (χ2n) is 14.6. The Hall–Kier alpha value is -7.06. The minimum Gasteiger partial charge on any atom is -0.509 e. The van der Waals surface area contributed by atoms with E-state index in [4.69, 9.17) is 9.47 Å². The van der Waals surface area contributed by atoms with Gasteiger partial charge in [0.15, 0.2) is 0 Å². The molecular weight excluding hydrogens is 1170 g/mol. The van der Waals surface area contributed by atoms with E-state index in [0.29, 0.717) is 34.0 Å². The molecule has 6 aromatic carbocycles. The van der Waals surface area contributed by atoms with Crippen LogP contribution in [0.3, 0.4) is 0 Å². The van der Waals surface area contributed by atoms with Crippen LogP contribution in [-0.2, 0) is 42.1 Å². The van der Waals surface area contributed by atoms with Crippen molar-refractivity contribution < 1.29 is 60.4 Å². The molecule has 0 aliphatic carbocycles. The van der Waals surface area contributed by atoms with Crippen LogP contribution in [0.5, 0.6) is 23.0 Å². The summed E-state index contributed by atoms with van der Waals surface area (Å²) in [5.74, 6) is 3.38. The summed E-state index contributed by atoms with van der Waals surface area (Å²) in [5, 5.41) is 5.72. The Bertz CT molecular complexity index is 3470. The minimum absolute atomic E-state index is 0. The number of hydrogen-bond donors (Lipinski definition) is 0. The maximum atomic E-state index is 13.7. The Labute approximate surface area is 392 Å². The molecule has 0 bridgehead atoms. The molecule has 6 heterocycles. The van der Waals surface area contributed by atoms with Crippen molar-refractivity contribution in [2.45, 2.75) is 6.43 Å². The fourth-order valence-corrected chi connectivity index (χ4v) is 8.26. The molecule has 64 heavy (non-hydrogen) atoms. The molecule has 0 saturated carbocycles. The van der Waals surface area contributed by atoms with E-state index in [1.54, 1.807) is 17.0 Å². The predicted molar refractivity (Wildman–Crippen MR) is 234 cm³/mol. The van der Waals surface area contributed by atoms with E-state index in [2.05, 4.69) is 77.6 Å². The van der Waals surface area contributed by atoms with E-state index in [0.717, 1.165) is 78.4 Å². The van der Waals surface area contributed by atoms with E-state index in [1.165, 1.54) is 0 Å². The fourth-order valence-electron chi connectivity index (χ4n) is 8.26. The zero-order valence-corrected chi connectivity index (χ0v) is 37.5. The number of aromatic nitrogens is 7. The maximum Gasteiger partial charge on any atom is 2.00 e. The predicted octanol–water partition coefficient (Wildman–Crippen LogP) is 12.3. The first-order valence-corrected chi connectivity index (χ1v) is 19.7. The average molecular weight is 1200 g/mol. The van der Waals surface area contributed by atoms with Gasteiger partial charge in [-0.25, -0.2) is 28.7 Å². The first-order valence-electron chi connectivity index (χ1n) is 19.7. The zero-order chi connectivity index (χ0) is 41.3. The summed E-state index contributed by atoms with van der Waals surface area (Å²) in [7, 11) is 0. The van der Waals surface area contributed by atoms with Crippen molar-refractivity contribution in [1.82, 2.24) is 33.6 Å². The Balaban J connectivity index is 0.00000242. The van der Waals surface area contributed by atoms with Crippen molar-refractivity contribution in [2.24, 2.45) is 0 Å². The van der Waals surface area contributed by atoms with Gasteiger partial charge in [0.05, 0.1) is 5.56 Å². The third-order valence-corrected chi connectivity index (χ3v) is 11.0. The van der Waals surface area contributed by atoms with Crippen LogP contribution in [-0.4, -0.2) is 33.6 Å². The molecule has 0 atom stereocenters. The summed E-state index contributed by atoms with van der Waals surface area (Å²) >= 11 is 0. The van der Waals surface area contributed by atoms with Gasteiger partial charge in [0.2, 0.25) is 5.95 Å². The monoisotopic (exact) mass is 1200 g/mol. The van der Waals surface area contributed by atoms with Crippen LogP contribution in [0, 0.1) is 24.3 Å². The first kappa shape index (κ1) is 41.0. The largest absolute Gasteiger partial charge is 2.00 e. The molecule has 12 rings (SSSR count). The van der Waals surface area contributed by atoms with E-state index in [-0.39, 0.29) is 53.6 Å². The summed E-state index contributed by atoms with van der Waals surface area (Å²) in [4.78, 5) is 18.0. The molecule has 6 aromatic heterocycles. The number of rotatable bonds is 8. The summed E-state index contributed by atoms with van der Waals surface area (Å²) < 4.78 is 46.2. The molecule has 0 aliphatic heterocycles. The van der Waals surface area contributed by atoms with Gasteiger partial charge in [0.25, 0.3) is 6.43 Å². The van der Waals surface area contributed by atoms with E-state index < -0.39 is 6.43 Å². The van der Waals surface area contributed by atoms with E-state index >= 15 is 0 Å². The normalized spacial score (nSPS) is 11.5. The molecule has 0 amide bonds. The van der Waals surface area contributed by atoms with Gasteiger partial charge in [-0.1, -0.05) is 70.6 Å². The van der Waals surface area contributed by atoms with Gasteiger partial charge in [-0.3, -0.25) is 0 Å². The standard InChI is InChI=1S/C51H27F2N7O2.2Pt/c52-50(53)31-29-56-51(57-30-31)60-46-27-34(61-32-15-19-38-36-9-1-3-11-42(36)58(44(38)25-32)48-13-5-7-23-54-48)17-21-40(46)41-22-18-35(28-47(41)60)62-33-16-20-39-37-10-2-4-12-43(37)59(45(39)26-33)49-14-6-8-24-55-49;;/h1-24,29-30,50H;;/q-4;2*+2. The van der Waals surface area contributed by atoms with Crippen LogP contribution in [0.1, 0.15) is 12.0 Å².